The second-order valence-electron chi connectivity index (χ2n) is 4.68. The highest BCUT2D eigenvalue weighted by molar-refractivity contribution is 7.87. The first-order valence-electron chi connectivity index (χ1n) is 6.34. The summed E-state index contributed by atoms with van der Waals surface area (Å²) in [7, 11) is -1.74. The molecule has 9 heteroatoms. The fraction of sp³-hybridized carbons (Fsp3) is 0.800. The van der Waals surface area contributed by atoms with E-state index in [-0.39, 0.29) is 12.6 Å². The van der Waals surface area contributed by atoms with E-state index in [4.69, 9.17) is 5.73 Å². The van der Waals surface area contributed by atoms with Gasteiger partial charge in [-0.3, -0.25) is 0 Å². The number of hydrogen-bond donors (Lipinski definition) is 2. The monoisotopic (exact) mass is 288 g/mol. The fourth-order valence-corrected chi connectivity index (χ4v) is 3.66. The molecule has 0 aliphatic carbocycles. The van der Waals surface area contributed by atoms with Crippen LogP contribution in [0.3, 0.4) is 0 Å². The predicted molar refractivity (Wildman–Crippen MR) is 70.2 cm³/mol. The molecule has 8 nitrogen and oxygen atoms in total. The van der Waals surface area contributed by atoms with Crippen LogP contribution < -0.4 is 10.5 Å². The minimum absolute atomic E-state index is 0.106. The Kier molecular flexibility index (Phi) is 4.50. The molecule has 0 radical (unpaired) electrons. The average molecular weight is 288 g/mol. The van der Waals surface area contributed by atoms with Crippen LogP contribution in [0, 0.1) is 0 Å². The van der Waals surface area contributed by atoms with Crippen molar-refractivity contribution < 1.29 is 8.42 Å². The molecule has 0 aromatic carbocycles. The van der Waals surface area contributed by atoms with Crippen LogP contribution in [0.1, 0.15) is 25.1 Å². The maximum Gasteiger partial charge on any atom is 0.280 e. The normalized spacial score (nSPS) is 21.7. The summed E-state index contributed by atoms with van der Waals surface area (Å²) in [4.78, 5) is 0. The Morgan fingerprint density at radius 3 is 2.95 bits per heavy atom. The van der Waals surface area contributed by atoms with Crippen molar-refractivity contribution in [3.63, 3.8) is 0 Å². The molecular formula is C10H20N6O2S. The van der Waals surface area contributed by atoms with E-state index in [2.05, 4.69) is 14.9 Å². The summed E-state index contributed by atoms with van der Waals surface area (Å²) in [5, 5.41) is 7.56. The number of piperidine rings is 1. The Labute approximate surface area is 113 Å². The third-order valence-corrected chi connectivity index (χ3v) is 4.98. The van der Waals surface area contributed by atoms with E-state index >= 15 is 0 Å². The molecular weight excluding hydrogens is 268 g/mol. The van der Waals surface area contributed by atoms with Crippen LogP contribution >= 0.6 is 0 Å². The van der Waals surface area contributed by atoms with Gasteiger partial charge in [0.05, 0.1) is 6.54 Å². The van der Waals surface area contributed by atoms with Gasteiger partial charge in [-0.05, 0) is 12.8 Å². The number of nitrogens with two attached hydrogens (primary N) is 1. The van der Waals surface area contributed by atoms with Crippen LogP contribution in [-0.2, 0) is 23.8 Å². The largest absolute Gasteiger partial charge is 0.329 e. The third-order valence-electron chi connectivity index (χ3n) is 3.37. The van der Waals surface area contributed by atoms with Crippen molar-refractivity contribution in [1.29, 1.82) is 0 Å². The molecule has 1 aliphatic rings. The van der Waals surface area contributed by atoms with Gasteiger partial charge in [-0.15, -0.1) is 10.2 Å². The molecule has 0 spiro atoms. The topological polar surface area (TPSA) is 106 Å². The highest BCUT2D eigenvalue weighted by atomic mass is 32.2. The SMILES string of the molecule is Cn1cnnc1CNS(=O)(=O)N1CCCCC1CN. The van der Waals surface area contributed by atoms with Gasteiger partial charge in [-0.2, -0.15) is 17.4 Å². The quantitative estimate of drug-likeness (QED) is 0.720. The van der Waals surface area contributed by atoms with Crippen LogP contribution in [0.5, 0.6) is 0 Å². The second-order valence-corrected chi connectivity index (χ2v) is 6.39. The molecule has 1 saturated heterocycles. The van der Waals surface area contributed by atoms with Crippen molar-refractivity contribution in [1.82, 2.24) is 23.8 Å². The van der Waals surface area contributed by atoms with E-state index in [1.165, 1.54) is 10.6 Å². The van der Waals surface area contributed by atoms with E-state index < -0.39 is 10.2 Å². The van der Waals surface area contributed by atoms with Crippen LogP contribution in [0.25, 0.3) is 0 Å². The van der Waals surface area contributed by atoms with Gasteiger partial charge < -0.3 is 10.3 Å². The van der Waals surface area contributed by atoms with Gasteiger partial charge in [0.15, 0.2) is 0 Å². The van der Waals surface area contributed by atoms with E-state index in [9.17, 15) is 8.42 Å². The van der Waals surface area contributed by atoms with Crippen molar-refractivity contribution in [3.05, 3.63) is 12.2 Å². The third kappa shape index (κ3) is 3.30. The van der Waals surface area contributed by atoms with Crippen LogP contribution in [-0.4, -0.2) is 46.6 Å². The van der Waals surface area contributed by atoms with Crippen molar-refractivity contribution in [2.75, 3.05) is 13.1 Å². The first kappa shape index (κ1) is 14.4. The number of nitrogens with one attached hydrogen (secondary N) is 1. The van der Waals surface area contributed by atoms with Gasteiger partial charge in [0.2, 0.25) is 0 Å². The van der Waals surface area contributed by atoms with Crippen molar-refractivity contribution in [2.24, 2.45) is 12.8 Å². The van der Waals surface area contributed by atoms with Crippen LogP contribution in [0.4, 0.5) is 0 Å². The highest BCUT2D eigenvalue weighted by Gasteiger charge is 2.31. The summed E-state index contributed by atoms with van der Waals surface area (Å²) in [6.45, 7) is 1.01. The minimum atomic E-state index is -3.52. The fourth-order valence-electron chi connectivity index (χ4n) is 2.23. The summed E-state index contributed by atoms with van der Waals surface area (Å²) in [6.07, 6.45) is 4.26. The zero-order valence-electron chi connectivity index (χ0n) is 11.0. The lowest BCUT2D eigenvalue weighted by Crippen LogP contribution is -2.51. The maximum atomic E-state index is 12.3. The molecule has 108 valence electrons. The number of nitrogens with zero attached hydrogens (tertiary/aromatic N) is 4. The standard InChI is InChI=1S/C10H20N6O2S/c1-15-8-12-14-10(15)7-13-19(17,18)16-5-3-2-4-9(16)6-11/h8-9,13H,2-7,11H2,1H3. The maximum absolute atomic E-state index is 12.3. The summed E-state index contributed by atoms with van der Waals surface area (Å²) < 4.78 is 30.2. The van der Waals surface area contributed by atoms with E-state index in [0.717, 1.165) is 19.3 Å². The molecule has 1 aromatic heterocycles. The van der Waals surface area contributed by atoms with Crippen LogP contribution in [0.15, 0.2) is 6.33 Å². The zero-order valence-corrected chi connectivity index (χ0v) is 11.8. The molecule has 1 atom stereocenters. The van der Waals surface area contributed by atoms with Gasteiger partial charge >= 0.3 is 0 Å². The summed E-state index contributed by atoms with van der Waals surface area (Å²) in [5.74, 6) is 0.574. The van der Waals surface area contributed by atoms with Crippen LogP contribution in [0.2, 0.25) is 0 Å². The molecule has 0 bridgehead atoms. The second kappa shape index (κ2) is 5.95. The zero-order chi connectivity index (χ0) is 13.9. The highest BCUT2D eigenvalue weighted by Crippen LogP contribution is 2.18. The molecule has 1 fully saturated rings. The van der Waals surface area contributed by atoms with E-state index in [1.54, 1.807) is 11.6 Å². The van der Waals surface area contributed by atoms with Gasteiger partial charge in [0, 0.05) is 26.2 Å². The molecule has 1 aromatic rings. The number of aryl methyl sites for hydroxylation is 1. The molecule has 1 aliphatic heterocycles. The number of aromatic nitrogens is 3. The lowest BCUT2D eigenvalue weighted by Gasteiger charge is -2.33. The van der Waals surface area contributed by atoms with Crippen molar-refractivity contribution in [2.45, 2.75) is 31.8 Å². The van der Waals surface area contributed by atoms with Crippen molar-refractivity contribution in [3.8, 4) is 0 Å². The summed E-state index contributed by atoms with van der Waals surface area (Å²) >= 11 is 0. The van der Waals surface area contributed by atoms with Gasteiger partial charge in [-0.1, -0.05) is 6.42 Å². The Hall–Kier alpha value is -1.03. The first-order chi connectivity index (χ1) is 9.04. The first-order valence-corrected chi connectivity index (χ1v) is 7.78. The number of hydrogen-bond acceptors (Lipinski definition) is 5. The van der Waals surface area contributed by atoms with Gasteiger partial charge in [0.25, 0.3) is 10.2 Å². The molecule has 1 unspecified atom stereocenters. The van der Waals surface area contributed by atoms with Gasteiger partial charge in [-0.25, -0.2) is 0 Å². The van der Waals surface area contributed by atoms with E-state index in [1.807, 2.05) is 0 Å². The predicted octanol–water partition coefficient (Wildman–Crippen LogP) is -1.04. The molecule has 19 heavy (non-hydrogen) atoms. The van der Waals surface area contributed by atoms with Crippen molar-refractivity contribution >= 4 is 10.2 Å². The Balaban J connectivity index is 2.03. The Morgan fingerprint density at radius 2 is 2.32 bits per heavy atom. The molecule has 3 N–H and O–H groups in total. The number of rotatable bonds is 5. The molecule has 2 heterocycles. The average Bonchev–Trinajstić information content (AvgIpc) is 2.82. The Bertz CT molecular complexity index is 514. The minimum Gasteiger partial charge on any atom is -0.329 e. The Morgan fingerprint density at radius 1 is 1.53 bits per heavy atom. The van der Waals surface area contributed by atoms with E-state index in [0.29, 0.717) is 18.9 Å². The molecule has 0 saturated carbocycles. The lowest BCUT2D eigenvalue weighted by atomic mass is 10.1. The molecule has 2 rings (SSSR count). The lowest BCUT2D eigenvalue weighted by molar-refractivity contribution is 0.254. The summed E-state index contributed by atoms with van der Waals surface area (Å²) in [6, 6.07) is -0.106. The van der Waals surface area contributed by atoms with Gasteiger partial charge in [0.1, 0.15) is 12.2 Å². The summed E-state index contributed by atoms with van der Waals surface area (Å²) in [5.41, 5.74) is 5.64. The smallest absolute Gasteiger partial charge is 0.280 e. The molecule has 0 amide bonds.